The molecule has 0 aromatic heterocycles. The van der Waals surface area contributed by atoms with Crippen molar-refractivity contribution in [3.8, 4) is 39.9 Å². The zero-order chi connectivity index (χ0) is 18.0. The molecule has 25 heavy (non-hydrogen) atoms. The van der Waals surface area contributed by atoms with Gasteiger partial charge in [-0.15, -0.1) is 0 Å². The lowest BCUT2D eigenvalue weighted by Crippen LogP contribution is -1.97. The molecule has 0 radical (unpaired) electrons. The van der Waals surface area contributed by atoms with Crippen molar-refractivity contribution in [2.75, 3.05) is 28.1 Å². The minimum Gasteiger partial charge on any atom is -0.493 e. The summed E-state index contributed by atoms with van der Waals surface area (Å²) in [5, 5.41) is 0. The van der Waals surface area contributed by atoms with Crippen LogP contribution < -0.4 is 23.7 Å². The summed E-state index contributed by atoms with van der Waals surface area (Å²) in [5.41, 5.74) is 3.47. The molecule has 2 aromatic rings. The van der Waals surface area contributed by atoms with Crippen LogP contribution in [0.1, 0.15) is 5.56 Å². The zero-order valence-electron chi connectivity index (χ0n) is 14.5. The van der Waals surface area contributed by atoms with Crippen LogP contribution >= 0.6 is 0 Å². The predicted octanol–water partition coefficient (Wildman–Crippen LogP) is 4.31. The van der Waals surface area contributed by atoms with Gasteiger partial charge in [0.15, 0.2) is 23.0 Å². The first-order valence-corrected chi connectivity index (χ1v) is 7.68. The van der Waals surface area contributed by atoms with Crippen molar-refractivity contribution in [3.05, 3.63) is 49.1 Å². The predicted molar refractivity (Wildman–Crippen MR) is 96.9 cm³/mol. The van der Waals surface area contributed by atoms with Crippen LogP contribution in [-0.2, 0) is 0 Å². The van der Waals surface area contributed by atoms with E-state index in [1.807, 2.05) is 24.3 Å². The van der Waals surface area contributed by atoms with Gasteiger partial charge >= 0.3 is 0 Å². The Morgan fingerprint density at radius 2 is 1.56 bits per heavy atom. The van der Waals surface area contributed by atoms with Gasteiger partial charge in [0.05, 0.1) is 21.3 Å². The van der Waals surface area contributed by atoms with E-state index < -0.39 is 0 Å². The molecule has 0 aliphatic carbocycles. The topological polar surface area (TPSA) is 46.2 Å². The maximum absolute atomic E-state index is 5.52. The number of methoxy groups -OCH3 is 3. The molecule has 0 bridgehead atoms. The normalized spacial score (nSPS) is 11.8. The van der Waals surface area contributed by atoms with Gasteiger partial charge in [0.1, 0.15) is 0 Å². The number of hydrogen-bond acceptors (Lipinski definition) is 5. The van der Waals surface area contributed by atoms with Gasteiger partial charge in [0.25, 0.3) is 0 Å². The average Bonchev–Trinajstić information content (AvgIpc) is 3.12. The Morgan fingerprint density at radius 1 is 0.960 bits per heavy atom. The lowest BCUT2D eigenvalue weighted by molar-refractivity contribution is 0.174. The largest absolute Gasteiger partial charge is 0.493 e. The van der Waals surface area contributed by atoms with Crippen LogP contribution in [0, 0.1) is 0 Å². The van der Waals surface area contributed by atoms with E-state index in [2.05, 4.69) is 13.2 Å². The Balaban J connectivity index is 2.25. The van der Waals surface area contributed by atoms with Crippen LogP contribution in [0.25, 0.3) is 16.7 Å². The van der Waals surface area contributed by atoms with Crippen molar-refractivity contribution in [3.63, 3.8) is 0 Å². The van der Waals surface area contributed by atoms with Crippen LogP contribution in [0.3, 0.4) is 0 Å². The molecule has 0 fully saturated rings. The van der Waals surface area contributed by atoms with Crippen molar-refractivity contribution < 1.29 is 23.7 Å². The number of allylic oxidation sites excluding steroid dienone is 2. The molecule has 0 saturated heterocycles. The number of benzene rings is 2. The highest BCUT2D eigenvalue weighted by Gasteiger charge is 2.21. The fourth-order valence-electron chi connectivity index (χ4n) is 2.79. The SMILES string of the molecule is C=CC(=C)c1cc2c(cc1-c1cc(OC)c(OC)c(OC)c1)OCO2. The molecule has 0 saturated carbocycles. The third kappa shape index (κ3) is 2.89. The maximum atomic E-state index is 5.52. The Morgan fingerprint density at radius 3 is 2.08 bits per heavy atom. The molecular formula is C20H20O5. The molecule has 1 heterocycles. The molecule has 1 aliphatic heterocycles. The summed E-state index contributed by atoms with van der Waals surface area (Å²) in [5.74, 6) is 3.06. The molecule has 5 heteroatoms. The van der Waals surface area contributed by atoms with Gasteiger partial charge in [-0.3, -0.25) is 0 Å². The molecule has 0 spiro atoms. The minimum atomic E-state index is 0.202. The molecule has 2 aromatic carbocycles. The molecule has 3 rings (SSSR count). The molecule has 0 amide bonds. The fourth-order valence-corrected chi connectivity index (χ4v) is 2.79. The third-order valence-electron chi connectivity index (χ3n) is 4.08. The number of rotatable bonds is 6. The highest BCUT2D eigenvalue weighted by molar-refractivity contribution is 5.87. The van der Waals surface area contributed by atoms with E-state index in [-0.39, 0.29) is 6.79 Å². The van der Waals surface area contributed by atoms with Crippen LogP contribution in [-0.4, -0.2) is 28.1 Å². The van der Waals surface area contributed by atoms with E-state index in [1.54, 1.807) is 27.4 Å². The Labute approximate surface area is 147 Å². The first-order valence-electron chi connectivity index (χ1n) is 7.68. The standard InChI is InChI=1S/C20H20O5/c1-6-12(2)14-9-16-17(25-11-24-16)10-15(14)13-7-18(21-3)20(23-5)19(8-13)22-4/h6-10H,1-2,11H2,3-5H3. The van der Waals surface area contributed by atoms with Crippen LogP contribution in [0.15, 0.2) is 43.5 Å². The lowest BCUT2D eigenvalue weighted by Gasteiger charge is -2.16. The van der Waals surface area contributed by atoms with E-state index in [0.717, 1.165) is 22.3 Å². The first kappa shape index (κ1) is 16.8. The fraction of sp³-hybridized carbons (Fsp3) is 0.200. The second-order valence-corrected chi connectivity index (χ2v) is 5.39. The van der Waals surface area contributed by atoms with Crippen molar-refractivity contribution in [2.45, 2.75) is 0 Å². The van der Waals surface area contributed by atoms with Crippen molar-refractivity contribution in [1.29, 1.82) is 0 Å². The van der Waals surface area contributed by atoms with Crippen LogP contribution in [0.5, 0.6) is 28.7 Å². The van der Waals surface area contributed by atoms with Gasteiger partial charge in [-0.05, 0) is 46.5 Å². The van der Waals surface area contributed by atoms with E-state index in [4.69, 9.17) is 23.7 Å². The Hall–Kier alpha value is -3.08. The van der Waals surface area contributed by atoms with Gasteiger partial charge in [-0.2, -0.15) is 0 Å². The first-order chi connectivity index (χ1) is 12.1. The van der Waals surface area contributed by atoms with Crippen LogP contribution in [0.2, 0.25) is 0 Å². The van der Waals surface area contributed by atoms with E-state index >= 15 is 0 Å². The summed E-state index contributed by atoms with van der Waals surface area (Å²) in [6.07, 6.45) is 1.71. The number of hydrogen-bond donors (Lipinski definition) is 0. The molecule has 0 N–H and O–H groups in total. The minimum absolute atomic E-state index is 0.202. The molecule has 5 nitrogen and oxygen atoms in total. The second-order valence-electron chi connectivity index (χ2n) is 5.39. The Kier molecular flexibility index (Phi) is 4.57. The molecular weight excluding hydrogens is 320 g/mol. The molecule has 130 valence electrons. The van der Waals surface area contributed by atoms with Gasteiger partial charge in [-0.25, -0.2) is 0 Å². The maximum Gasteiger partial charge on any atom is 0.231 e. The van der Waals surface area contributed by atoms with E-state index in [0.29, 0.717) is 28.7 Å². The van der Waals surface area contributed by atoms with Gasteiger partial charge in [-0.1, -0.05) is 19.2 Å². The summed E-state index contributed by atoms with van der Waals surface area (Å²) < 4.78 is 27.3. The third-order valence-corrected chi connectivity index (χ3v) is 4.08. The van der Waals surface area contributed by atoms with Crippen LogP contribution in [0.4, 0.5) is 0 Å². The quantitative estimate of drug-likeness (QED) is 0.734. The molecule has 0 unspecified atom stereocenters. The highest BCUT2D eigenvalue weighted by atomic mass is 16.7. The van der Waals surface area contributed by atoms with Crippen molar-refractivity contribution in [1.82, 2.24) is 0 Å². The monoisotopic (exact) mass is 340 g/mol. The van der Waals surface area contributed by atoms with Gasteiger partial charge < -0.3 is 23.7 Å². The second kappa shape index (κ2) is 6.81. The van der Waals surface area contributed by atoms with Crippen molar-refractivity contribution >= 4 is 5.57 Å². The van der Waals surface area contributed by atoms with E-state index in [1.165, 1.54) is 0 Å². The summed E-state index contributed by atoms with van der Waals surface area (Å²) in [6, 6.07) is 7.61. The summed E-state index contributed by atoms with van der Waals surface area (Å²) in [4.78, 5) is 0. The highest BCUT2D eigenvalue weighted by Crippen LogP contribution is 2.45. The summed E-state index contributed by atoms with van der Waals surface area (Å²) in [7, 11) is 4.75. The van der Waals surface area contributed by atoms with Gasteiger partial charge in [0, 0.05) is 0 Å². The van der Waals surface area contributed by atoms with E-state index in [9.17, 15) is 0 Å². The lowest BCUT2D eigenvalue weighted by atomic mass is 9.94. The molecule has 1 aliphatic rings. The molecule has 0 atom stereocenters. The van der Waals surface area contributed by atoms with Crippen molar-refractivity contribution in [2.24, 2.45) is 0 Å². The summed E-state index contributed by atoms with van der Waals surface area (Å²) >= 11 is 0. The van der Waals surface area contributed by atoms with Gasteiger partial charge in [0.2, 0.25) is 12.5 Å². The zero-order valence-corrected chi connectivity index (χ0v) is 14.5. The smallest absolute Gasteiger partial charge is 0.231 e. The summed E-state index contributed by atoms with van der Waals surface area (Å²) in [6.45, 7) is 8.09. The number of fused-ring (bicyclic) bond motifs is 1. The average molecular weight is 340 g/mol. The number of ether oxygens (including phenoxy) is 5. The Bertz CT molecular complexity index is 813.